The van der Waals surface area contributed by atoms with Crippen molar-refractivity contribution in [1.82, 2.24) is 10.2 Å². The van der Waals surface area contributed by atoms with Crippen molar-refractivity contribution in [3.8, 4) is 0 Å². The van der Waals surface area contributed by atoms with Crippen LogP contribution in [0.15, 0.2) is 53.4 Å². The molecule has 1 aliphatic carbocycles. The van der Waals surface area contributed by atoms with Crippen LogP contribution in [-0.4, -0.2) is 44.3 Å². The lowest BCUT2D eigenvalue weighted by Crippen LogP contribution is -2.45. The first-order chi connectivity index (χ1) is 14.8. The van der Waals surface area contributed by atoms with Crippen LogP contribution in [0.1, 0.15) is 41.6 Å². The Labute approximate surface area is 182 Å². The predicted molar refractivity (Wildman–Crippen MR) is 118 cm³/mol. The lowest BCUT2D eigenvalue weighted by Gasteiger charge is -2.32. The van der Waals surface area contributed by atoms with Crippen molar-refractivity contribution in [2.75, 3.05) is 17.8 Å². The van der Waals surface area contributed by atoms with Crippen LogP contribution in [0, 0.1) is 12.8 Å². The van der Waals surface area contributed by atoms with Gasteiger partial charge in [-0.3, -0.25) is 14.3 Å². The number of benzene rings is 2. The largest absolute Gasteiger partial charge is 0.353 e. The number of amides is 2. The Balaban J connectivity index is 1.45. The molecule has 1 aliphatic heterocycles. The zero-order chi connectivity index (χ0) is 22.0. The van der Waals surface area contributed by atoms with Crippen LogP contribution in [0.3, 0.4) is 0 Å². The normalized spacial score (nSPS) is 19.0. The molecule has 2 aliphatic rings. The summed E-state index contributed by atoms with van der Waals surface area (Å²) in [6.45, 7) is 2.86. The Hall–Kier alpha value is -2.87. The van der Waals surface area contributed by atoms with Gasteiger partial charge in [0.15, 0.2) is 0 Å². The number of hydrogen-bond acceptors (Lipinski definition) is 4. The van der Waals surface area contributed by atoms with Crippen molar-refractivity contribution < 1.29 is 18.0 Å². The SMILES string of the molecule is Cc1ccc(S(=O)(=O)Nc2cccc(C(=O)N3CCC[C@H](C(=O)NC4CC4)C3)c2)cc1. The number of nitrogens with zero attached hydrogens (tertiary/aromatic N) is 1. The number of carbonyl (C=O) groups is 2. The van der Waals surface area contributed by atoms with Gasteiger partial charge < -0.3 is 10.2 Å². The average Bonchev–Trinajstić information content (AvgIpc) is 3.57. The average molecular weight is 442 g/mol. The Bertz CT molecular complexity index is 1080. The van der Waals surface area contributed by atoms with Gasteiger partial charge in [-0.15, -0.1) is 0 Å². The molecule has 1 saturated carbocycles. The highest BCUT2D eigenvalue weighted by Gasteiger charge is 2.32. The predicted octanol–water partition coefficient (Wildman–Crippen LogP) is 2.93. The summed E-state index contributed by atoms with van der Waals surface area (Å²) in [7, 11) is -3.75. The van der Waals surface area contributed by atoms with Gasteiger partial charge in [0.05, 0.1) is 10.8 Å². The number of anilines is 1. The van der Waals surface area contributed by atoms with E-state index >= 15 is 0 Å². The van der Waals surface area contributed by atoms with Crippen LogP contribution in [0.4, 0.5) is 5.69 Å². The summed E-state index contributed by atoms with van der Waals surface area (Å²) < 4.78 is 27.9. The maximum Gasteiger partial charge on any atom is 0.261 e. The van der Waals surface area contributed by atoms with E-state index in [0.29, 0.717) is 30.4 Å². The molecule has 2 aromatic rings. The van der Waals surface area contributed by atoms with Gasteiger partial charge in [0.1, 0.15) is 0 Å². The number of aryl methyl sites for hydroxylation is 1. The topological polar surface area (TPSA) is 95.6 Å². The van der Waals surface area contributed by atoms with E-state index in [0.717, 1.165) is 31.2 Å². The monoisotopic (exact) mass is 441 g/mol. The number of piperidine rings is 1. The van der Waals surface area contributed by atoms with E-state index in [4.69, 9.17) is 0 Å². The van der Waals surface area contributed by atoms with Gasteiger partial charge in [0.2, 0.25) is 5.91 Å². The van der Waals surface area contributed by atoms with Gasteiger partial charge in [-0.05, 0) is 62.9 Å². The molecule has 2 aromatic carbocycles. The van der Waals surface area contributed by atoms with Crippen molar-refractivity contribution in [3.63, 3.8) is 0 Å². The van der Waals surface area contributed by atoms with Gasteiger partial charge in [0, 0.05) is 30.4 Å². The van der Waals surface area contributed by atoms with Gasteiger partial charge in [-0.2, -0.15) is 0 Å². The molecule has 4 rings (SSSR count). The van der Waals surface area contributed by atoms with E-state index in [1.165, 1.54) is 0 Å². The molecular weight excluding hydrogens is 414 g/mol. The maximum absolute atomic E-state index is 13.0. The standard InChI is InChI=1S/C23H27N3O4S/c1-16-7-11-21(12-8-16)31(29,30)25-20-6-2-4-17(14-20)23(28)26-13-3-5-18(15-26)22(27)24-19-9-10-19/h2,4,6-8,11-12,14,18-19,25H,3,5,9-10,13,15H2,1H3,(H,24,27)/t18-/m0/s1. The zero-order valence-electron chi connectivity index (χ0n) is 17.5. The van der Waals surface area contributed by atoms with E-state index < -0.39 is 10.0 Å². The Kier molecular flexibility index (Phi) is 6.00. The zero-order valence-corrected chi connectivity index (χ0v) is 18.3. The fraction of sp³-hybridized carbons (Fsp3) is 0.391. The minimum atomic E-state index is -3.75. The highest BCUT2D eigenvalue weighted by atomic mass is 32.2. The molecule has 31 heavy (non-hydrogen) atoms. The molecule has 2 amide bonds. The number of carbonyl (C=O) groups excluding carboxylic acids is 2. The van der Waals surface area contributed by atoms with Gasteiger partial charge in [-0.25, -0.2) is 8.42 Å². The Morgan fingerprint density at radius 2 is 1.77 bits per heavy atom. The number of nitrogens with one attached hydrogen (secondary N) is 2. The second-order valence-electron chi connectivity index (χ2n) is 8.37. The highest BCUT2D eigenvalue weighted by molar-refractivity contribution is 7.92. The summed E-state index contributed by atoms with van der Waals surface area (Å²) in [6.07, 6.45) is 3.62. The first kappa shape index (κ1) is 21.4. The third kappa shape index (κ3) is 5.25. The molecule has 1 atom stereocenters. The fourth-order valence-corrected chi connectivity index (χ4v) is 4.80. The summed E-state index contributed by atoms with van der Waals surface area (Å²) in [5.74, 6) is -0.360. The summed E-state index contributed by atoms with van der Waals surface area (Å²) in [6, 6.07) is 13.4. The van der Waals surface area contributed by atoms with Gasteiger partial charge in [0.25, 0.3) is 15.9 Å². The van der Waals surface area contributed by atoms with Crippen molar-refractivity contribution in [1.29, 1.82) is 0 Å². The van der Waals surface area contributed by atoms with Crippen molar-refractivity contribution in [2.24, 2.45) is 5.92 Å². The third-order valence-corrected chi connectivity index (χ3v) is 7.09. The molecule has 164 valence electrons. The number of hydrogen-bond donors (Lipinski definition) is 2. The minimum absolute atomic E-state index is 0.0274. The molecule has 1 saturated heterocycles. The van der Waals surface area contributed by atoms with E-state index in [2.05, 4.69) is 10.0 Å². The van der Waals surface area contributed by atoms with Crippen LogP contribution in [-0.2, 0) is 14.8 Å². The van der Waals surface area contributed by atoms with Crippen LogP contribution in [0.5, 0.6) is 0 Å². The first-order valence-corrected chi connectivity index (χ1v) is 12.1. The lowest BCUT2D eigenvalue weighted by molar-refractivity contribution is -0.126. The molecule has 0 unspecified atom stereocenters. The molecule has 8 heteroatoms. The van der Waals surface area contributed by atoms with Crippen molar-refractivity contribution in [3.05, 3.63) is 59.7 Å². The second-order valence-corrected chi connectivity index (χ2v) is 10.1. The number of sulfonamides is 1. The first-order valence-electron chi connectivity index (χ1n) is 10.6. The molecule has 2 fully saturated rings. The van der Waals surface area contributed by atoms with Crippen LogP contribution >= 0.6 is 0 Å². The smallest absolute Gasteiger partial charge is 0.261 e. The molecule has 2 N–H and O–H groups in total. The third-order valence-electron chi connectivity index (χ3n) is 5.70. The van der Waals surface area contributed by atoms with E-state index in [9.17, 15) is 18.0 Å². The van der Waals surface area contributed by atoms with Crippen LogP contribution < -0.4 is 10.0 Å². The summed E-state index contributed by atoms with van der Waals surface area (Å²) in [5, 5.41) is 3.02. The van der Waals surface area contributed by atoms with Gasteiger partial charge >= 0.3 is 0 Å². The molecule has 0 bridgehead atoms. The molecular formula is C23H27N3O4S. The van der Waals surface area contributed by atoms with Crippen LogP contribution in [0.2, 0.25) is 0 Å². The fourth-order valence-electron chi connectivity index (χ4n) is 3.75. The summed E-state index contributed by atoms with van der Waals surface area (Å²) in [5.41, 5.74) is 1.69. The Morgan fingerprint density at radius 1 is 1.03 bits per heavy atom. The van der Waals surface area contributed by atoms with E-state index in [1.54, 1.807) is 53.4 Å². The second kappa shape index (κ2) is 8.70. The van der Waals surface area contributed by atoms with E-state index in [1.807, 2.05) is 6.92 Å². The maximum atomic E-state index is 13.0. The van der Waals surface area contributed by atoms with Gasteiger partial charge in [-0.1, -0.05) is 23.8 Å². The van der Waals surface area contributed by atoms with Crippen molar-refractivity contribution >= 4 is 27.5 Å². The quantitative estimate of drug-likeness (QED) is 0.721. The summed E-state index contributed by atoms with van der Waals surface area (Å²) >= 11 is 0. The molecule has 0 aromatic heterocycles. The number of likely N-dealkylation sites (tertiary alicyclic amines) is 1. The lowest BCUT2D eigenvalue weighted by atomic mass is 9.96. The Morgan fingerprint density at radius 3 is 2.48 bits per heavy atom. The number of rotatable bonds is 6. The van der Waals surface area contributed by atoms with E-state index in [-0.39, 0.29) is 22.6 Å². The molecule has 0 radical (unpaired) electrons. The molecule has 0 spiro atoms. The van der Waals surface area contributed by atoms with Crippen LogP contribution in [0.25, 0.3) is 0 Å². The molecule has 1 heterocycles. The minimum Gasteiger partial charge on any atom is -0.353 e. The van der Waals surface area contributed by atoms with Crippen molar-refractivity contribution in [2.45, 2.75) is 43.5 Å². The summed E-state index contributed by atoms with van der Waals surface area (Å²) in [4.78, 5) is 27.3. The molecule has 7 nitrogen and oxygen atoms in total. The highest BCUT2D eigenvalue weighted by Crippen LogP contribution is 2.24.